The topological polar surface area (TPSA) is 86.6 Å². The summed E-state index contributed by atoms with van der Waals surface area (Å²) in [5.74, 6) is -0.668. The standard InChI is InChI=1S/C15H22NO4P/c17-15(18)10-13-8-4-5-9-14(13)16-21(19,20)11-12-6-2-1-3-7-12/h4-5,8-9,12H,1-3,6-7,10-11H2,(H,17,18)(H2,16,19,20). The largest absolute Gasteiger partial charge is 0.481 e. The molecule has 0 amide bonds. The first-order valence-corrected chi connectivity index (χ1v) is 9.20. The Labute approximate surface area is 124 Å². The molecule has 0 aromatic heterocycles. The molecule has 1 fully saturated rings. The van der Waals surface area contributed by atoms with E-state index < -0.39 is 13.5 Å². The maximum Gasteiger partial charge on any atom is 0.307 e. The average Bonchev–Trinajstić information content (AvgIpc) is 2.41. The number of aliphatic carboxylic acids is 1. The molecule has 0 radical (unpaired) electrons. The summed E-state index contributed by atoms with van der Waals surface area (Å²) in [6.45, 7) is 0. The van der Waals surface area contributed by atoms with Gasteiger partial charge in [-0.25, -0.2) is 0 Å². The lowest BCUT2D eigenvalue weighted by molar-refractivity contribution is -0.136. The summed E-state index contributed by atoms with van der Waals surface area (Å²) < 4.78 is 12.4. The van der Waals surface area contributed by atoms with Crippen LogP contribution in [0, 0.1) is 5.92 Å². The molecule has 1 atom stereocenters. The van der Waals surface area contributed by atoms with Crippen LogP contribution in [0.25, 0.3) is 0 Å². The Bertz CT molecular complexity index is 540. The molecule has 1 aromatic carbocycles. The summed E-state index contributed by atoms with van der Waals surface area (Å²) in [5, 5.41) is 11.6. The lowest BCUT2D eigenvalue weighted by Crippen LogP contribution is -2.14. The van der Waals surface area contributed by atoms with Crippen LogP contribution in [-0.2, 0) is 15.8 Å². The van der Waals surface area contributed by atoms with Gasteiger partial charge in [-0.3, -0.25) is 9.36 Å². The number of para-hydroxylation sites is 1. The highest BCUT2D eigenvalue weighted by atomic mass is 31.2. The van der Waals surface area contributed by atoms with Crippen molar-refractivity contribution >= 4 is 19.2 Å². The van der Waals surface area contributed by atoms with Gasteiger partial charge in [0, 0.05) is 11.8 Å². The van der Waals surface area contributed by atoms with Crippen LogP contribution in [0.15, 0.2) is 24.3 Å². The van der Waals surface area contributed by atoms with E-state index in [0.717, 1.165) is 25.7 Å². The van der Waals surface area contributed by atoms with Crippen LogP contribution in [0.5, 0.6) is 0 Å². The minimum atomic E-state index is -3.50. The lowest BCUT2D eigenvalue weighted by Gasteiger charge is -2.25. The van der Waals surface area contributed by atoms with Crippen LogP contribution in [0.4, 0.5) is 5.69 Å². The van der Waals surface area contributed by atoms with Crippen molar-refractivity contribution in [3.63, 3.8) is 0 Å². The fraction of sp³-hybridized carbons (Fsp3) is 0.533. The van der Waals surface area contributed by atoms with Crippen LogP contribution in [0.1, 0.15) is 37.7 Å². The molecule has 0 heterocycles. The van der Waals surface area contributed by atoms with Crippen molar-refractivity contribution in [3.8, 4) is 0 Å². The summed E-state index contributed by atoms with van der Waals surface area (Å²) in [6, 6.07) is 6.78. The molecule has 1 aliphatic carbocycles. The van der Waals surface area contributed by atoms with Gasteiger partial charge in [-0.1, -0.05) is 37.5 Å². The molecule has 0 aliphatic heterocycles. The Kier molecular flexibility index (Phi) is 5.43. The van der Waals surface area contributed by atoms with E-state index in [0.29, 0.717) is 11.3 Å². The van der Waals surface area contributed by atoms with E-state index in [1.54, 1.807) is 24.3 Å². The van der Waals surface area contributed by atoms with Crippen molar-refractivity contribution in [2.75, 3.05) is 11.2 Å². The third kappa shape index (κ3) is 5.18. The minimum absolute atomic E-state index is 0.160. The van der Waals surface area contributed by atoms with Crippen molar-refractivity contribution in [1.29, 1.82) is 0 Å². The molecule has 5 nitrogen and oxygen atoms in total. The van der Waals surface area contributed by atoms with Gasteiger partial charge >= 0.3 is 5.97 Å². The monoisotopic (exact) mass is 311 g/mol. The van der Waals surface area contributed by atoms with Crippen molar-refractivity contribution in [3.05, 3.63) is 29.8 Å². The molecule has 6 heteroatoms. The van der Waals surface area contributed by atoms with Crippen LogP contribution in [0.3, 0.4) is 0 Å². The molecule has 21 heavy (non-hydrogen) atoms. The molecule has 3 N–H and O–H groups in total. The predicted octanol–water partition coefficient (Wildman–Crippen LogP) is 3.49. The number of carboxylic acids is 1. The Morgan fingerprint density at radius 3 is 2.57 bits per heavy atom. The van der Waals surface area contributed by atoms with Crippen LogP contribution in [-0.4, -0.2) is 22.1 Å². The van der Waals surface area contributed by atoms with E-state index in [4.69, 9.17) is 5.11 Å². The average molecular weight is 311 g/mol. The normalized spacial score (nSPS) is 18.9. The molecular weight excluding hydrogens is 289 g/mol. The summed E-state index contributed by atoms with van der Waals surface area (Å²) >= 11 is 0. The van der Waals surface area contributed by atoms with Gasteiger partial charge in [0.2, 0.25) is 0 Å². The molecule has 0 saturated heterocycles. The molecule has 1 saturated carbocycles. The maximum atomic E-state index is 12.4. The SMILES string of the molecule is O=C(O)Cc1ccccc1NP(=O)(O)CC1CCCCC1. The highest BCUT2D eigenvalue weighted by Gasteiger charge is 2.26. The van der Waals surface area contributed by atoms with Gasteiger partial charge in [-0.05, 0) is 30.4 Å². The number of rotatable bonds is 6. The Hall–Kier alpha value is -1.32. The van der Waals surface area contributed by atoms with E-state index in [1.807, 2.05) is 0 Å². The van der Waals surface area contributed by atoms with E-state index in [2.05, 4.69) is 5.09 Å². The van der Waals surface area contributed by atoms with Gasteiger partial charge in [0.15, 0.2) is 0 Å². The van der Waals surface area contributed by atoms with Gasteiger partial charge in [0.1, 0.15) is 0 Å². The highest BCUT2D eigenvalue weighted by molar-refractivity contribution is 7.59. The van der Waals surface area contributed by atoms with Crippen LogP contribution < -0.4 is 5.09 Å². The minimum Gasteiger partial charge on any atom is -0.481 e. The van der Waals surface area contributed by atoms with E-state index in [1.165, 1.54) is 6.42 Å². The number of nitrogens with one attached hydrogen (secondary N) is 1. The molecule has 1 aromatic rings. The zero-order valence-electron chi connectivity index (χ0n) is 12.0. The smallest absolute Gasteiger partial charge is 0.307 e. The number of hydrogen-bond acceptors (Lipinski definition) is 2. The van der Waals surface area contributed by atoms with E-state index in [-0.39, 0.29) is 18.5 Å². The van der Waals surface area contributed by atoms with Gasteiger partial charge < -0.3 is 15.1 Å². The summed E-state index contributed by atoms with van der Waals surface area (Å²) in [4.78, 5) is 21.0. The maximum absolute atomic E-state index is 12.4. The molecule has 116 valence electrons. The first kappa shape index (κ1) is 16.1. The summed E-state index contributed by atoms with van der Waals surface area (Å²) in [5.41, 5.74) is 0.976. The molecule has 1 aliphatic rings. The summed E-state index contributed by atoms with van der Waals surface area (Å²) in [7, 11) is -3.50. The van der Waals surface area contributed by atoms with Crippen molar-refractivity contribution in [2.45, 2.75) is 38.5 Å². The number of carbonyl (C=O) groups is 1. The van der Waals surface area contributed by atoms with E-state index >= 15 is 0 Å². The van der Waals surface area contributed by atoms with Gasteiger partial charge in [0.05, 0.1) is 6.42 Å². The number of anilines is 1. The van der Waals surface area contributed by atoms with Crippen molar-refractivity contribution in [2.24, 2.45) is 5.92 Å². The second kappa shape index (κ2) is 7.10. The number of hydrogen-bond donors (Lipinski definition) is 3. The fourth-order valence-electron chi connectivity index (χ4n) is 2.90. The van der Waals surface area contributed by atoms with Gasteiger partial charge in [0.25, 0.3) is 7.52 Å². The molecule has 1 unspecified atom stereocenters. The molecular formula is C15H22NO4P. The van der Waals surface area contributed by atoms with E-state index in [9.17, 15) is 14.3 Å². The van der Waals surface area contributed by atoms with Crippen molar-refractivity contribution in [1.82, 2.24) is 0 Å². The Morgan fingerprint density at radius 2 is 1.90 bits per heavy atom. The Morgan fingerprint density at radius 1 is 1.24 bits per heavy atom. The zero-order valence-corrected chi connectivity index (χ0v) is 12.9. The second-order valence-electron chi connectivity index (χ2n) is 5.73. The van der Waals surface area contributed by atoms with Gasteiger partial charge in [-0.15, -0.1) is 0 Å². The van der Waals surface area contributed by atoms with Crippen molar-refractivity contribution < 1.29 is 19.4 Å². The van der Waals surface area contributed by atoms with Crippen LogP contribution >= 0.6 is 7.52 Å². The highest BCUT2D eigenvalue weighted by Crippen LogP contribution is 2.46. The first-order chi connectivity index (χ1) is 9.96. The quantitative estimate of drug-likeness (QED) is 0.700. The summed E-state index contributed by atoms with van der Waals surface area (Å²) in [6.07, 6.45) is 5.56. The first-order valence-electron chi connectivity index (χ1n) is 7.36. The second-order valence-corrected chi connectivity index (χ2v) is 7.72. The molecule has 0 spiro atoms. The number of benzene rings is 1. The van der Waals surface area contributed by atoms with Gasteiger partial charge in [-0.2, -0.15) is 0 Å². The lowest BCUT2D eigenvalue weighted by atomic mass is 9.91. The van der Waals surface area contributed by atoms with Crippen LogP contribution in [0.2, 0.25) is 0 Å². The number of carboxylic acid groups (broad SMARTS) is 1. The third-order valence-electron chi connectivity index (χ3n) is 3.88. The predicted molar refractivity (Wildman–Crippen MR) is 82.7 cm³/mol. The fourth-order valence-corrected chi connectivity index (χ4v) is 4.65. The molecule has 2 rings (SSSR count). The Balaban J connectivity index is 2.05. The molecule has 0 bridgehead atoms. The third-order valence-corrected chi connectivity index (χ3v) is 5.49. The zero-order chi connectivity index (χ0) is 15.3.